The van der Waals surface area contributed by atoms with Crippen molar-refractivity contribution >= 4 is 17.6 Å². The Bertz CT molecular complexity index is 453. The van der Waals surface area contributed by atoms with E-state index in [0.29, 0.717) is 0 Å². The van der Waals surface area contributed by atoms with Gasteiger partial charge in [-0.15, -0.1) is 24.8 Å². The van der Waals surface area contributed by atoms with Crippen LogP contribution in [0.4, 0.5) is 13.2 Å². The Morgan fingerprint density at radius 1 is 1.42 bits per heavy atom. The molecule has 106 valence electrons. The van der Waals surface area contributed by atoms with Crippen LogP contribution in [0, 0.1) is 0 Å². The van der Waals surface area contributed by atoms with Crippen LogP contribution in [-0.2, 0) is 10.6 Å². The molecule has 1 aromatic heterocycles. The third-order valence-corrected chi connectivity index (χ3v) is 2.28. The highest BCUT2D eigenvalue weighted by Gasteiger charge is 2.33. The van der Waals surface area contributed by atoms with Gasteiger partial charge in [-0.05, 0) is 5.56 Å². The number of halogens is 4. The van der Waals surface area contributed by atoms with Crippen molar-refractivity contribution < 1.29 is 32.2 Å². The standard InChI is InChI=1S/C10H9ClF3NO4/c1-17-8-7(9(16)18-2)5(4-11)3-6(15-8)19-10(12,13)14/h3H,4H2,1-2H3. The monoisotopic (exact) mass is 299 g/mol. The van der Waals surface area contributed by atoms with Crippen molar-refractivity contribution in [3.8, 4) is 11.8 Å². The molecule has 0 aromatic carbocycles. The first kappa shape index (κ1) is 15.4. The van der Waals surface area contributed by atoms with Gasteiger partial charge in [0.2, 0.25) is 11.8 Å². The van der Waals surface area contributed by atoms with E-state index in [-0.39, 0.29) is 22.9 Å². The quantitative estimate of drug-likeness (QED) is 0.631. The van der Waals surface area contributed by atoms with Crippen molar-refractivity contribution in [3.63, 3.8) is 0 Å². The second-order valence-electron chi connectivity index (χ2n) is 3.18. The van der Waals surface area contributed by atoms with Crippen LogP contribution in [0.3, 0.4) is 0 Å². The largest absolute Gasteiger partial charge is 0.574 e. The van der Waals surface area contributed by atoms with E-state index in [4.69, 9.17) is 16.3 Å². The average Bonchev–Trinajstić information content (AvgIpc) is 2.34. The first-order valence-electron chi connectivity index (χ1n) is 4.80. The lowest BCUT2D eigenvalue weighted by atomic mass is 10.1. The Morgan fingerprint density at radius 3 is 2.47 bits per heavy atom. The molecule has 0 spiro atoms. The molecule has 0 unspecified atom stereocenters. The number of alkyl halides is 4. The molecule has 1 rings (SSSR count). The highest BCUT2D eigenvalue weighted by Crippen LogP contribution is 2.29. The van der Waals surface area contributed by atoms with Crippen LogP contribution in [0.5, 0.6) is 11.8 Å². The molecule has 0 amide bonds. The normalized spacial score (nSPS) is 11.1. The van der Waals surface area contributed by atoms with Crippen LogP contribution >= 0.6 is 11.6 Å². The molecular formula is C10H9ClF3NO4. The molecule has 0 radical (unpaired) electrons. The molecule has 0 fully saturated rings. The second-order valence-corrected chi connectivity index (χ2v) is 3.44. The average molecular weight is 300 g/mol. The Balaban J connectivity index is 3.32. The van der Waals surface area contributed by atoms with E-state index >= 15 is 0 Å². The topological polar surface area (TPSA) is 57.7 Å². The molecule has 0 saturated heterocycles. The van der Waals surface area contributed by atoms with Crippen molar-refractivity contribution in [2.45, 2.75) is 12.2 Å². The van der Waals surface area contributed by atoms with E-state index < -0.39 is 18.2 Å². The van der Waals surface area contributed by atoms with Gasteiger partial charge in [-0.2, -0.15) is 4.98 Å². The molecule has 0 bridgehead atoms. The smallest absolute Gasteiger partial charge is 0.480 e. The SMILES string of the molecule is COC(=O)c1c(CCl)cc(OC(F)(F)F)nc1OC. The van der Waals surface area contributed by atoms with Crippen LogP contribution in [0.2, 0.25) is 0 Å². The highest BCUT2D eigenvalue weighted by molar-refractivity contribution is 6.17. The summed E-state index contributed by atoms with van der Waals surface area (Å²) in [6.07, 6.45) is -4.91. The zero-order valence-corrected chi connectivity index (χ0v) is 10.6. The number of methoxy groups -OCH3 is 2. The maximum atomic E-state index is 12.1. The van der Waals surface area contributed by atoms with Gasteiger partial charge in [0.25, 0.3) is 0 Å². The molecule has 0 atom stereocenters. The van der Waals surface area contributed by atoms with Crippen LogP contribution < -0.4 is 9.47 Å². The van der Waals surface area contributed by atoms with Crippen LogP contribution in [-0.4, -0.2) is 31.5 Å². The Labute approximate surface area is 111 Å². The summed E-state index contributed by atoms with van der Waals surface area (Å²) in [4.78, 5) is 14.9. The Hall–Kier alpha value is -1.70. The zero-order chi connectivity index (χ0) is 14.6. The summed E-state index contributed by atoms with van der Waals surface area (Å²) in [5.74, 6) is -2.19. The zero-order valence-electron chi connectivity index (χ0n) is 9.88. The molecular weight excluding hydrogens is 291 g/mol. The number of pyridine rings is 1. The fourth-order valence-electron chi connectivity index (χ4n) is 1.29. The fourth-order valence-corrected chi connectivity index (χ4v) is 1.50. The van der Waals surface area contributed by atoms with Gasteiger partial charge in [0.05, 0.1) is 14.2 Å². The minimum Gasteiger partial charge on any atom is -0.480 e. The lowest BCUT2D eigenvalue weighted by Gasteiger charge is -2.13. The second kappa shape index (κ2) is 5.96. The van der Waals surface area contributed by atoms with E-state index in [2.05, 4.69) is 14.5 Å². The molecule has 0 aliphatic carbocycles. The minimum absolute atomic E-state index is 0.0552. The van der Waals surface area contributed by atoms with E-state index in [1.165, 1.54) is 0 Å². The van der Waals surface area contributed by atoms with Gasteiger partial charge in [-0.3, -0.25) is 0 Å². The summed E-state index contributed by atoms with van der Waals surface area (Å²) in [5.41, 5.74) is -0.0888. The number of carbonyl (C=O) groups excluding carboxylic acids is 1. The number of hydrogen-bond donors (Lipinski definition) is 0. The van der Waals surface area contributed by atoms with E-state index in [1.54, 1.807) is 0 Å². The molecule has 9 heteroatoms. The lowest BCUT2D eigenvalue weighted by Crippen LogP contribution is -2.19. The summed E-state index contributed by atoms with van der Waals surface area (Å²) in [6, 6.07) is 0.898. The van der Waals surface area contributed by atoms with Gasteiger partial charge < -0.3 is 14.2 Å². The summed E-state index contributed by atoms with van der Waals surface area (Å²) >= 11 is 5.58. The van der Waals surface area contributed by atoms with Crippen LogP contribution in [0.1, 0.15) is 15.9 Å². The molecule has 0 aliphatic rings. The van der Waals surface area contributed by atoms with Gasteiger partial charge in [0, 0.05) is 11.9 Å². The summed E-state index contributed by atoms with van der Waals surface area (Å²) in [7, 11) is 2.25. The molecule has 0 N–H and O–H groups in total. The first-order chi connectivity index (χ1) is 8.82. The van der Waals surface area contributed by atoms with Gasteiger partial charge in [-0.25, -0.2) is 4.79 Å². The Morgan fingerprint density at radius 2 is 2.05 bits per heavy atom. The summed E-state index contributed by atoms with van der Waals surface area (Å²) in [5, 5.41) is 0. The van der Waals surface area contributed by atoms with Crippen molar-refractivity contribution in [2.75, 3.05) is 14.2 Å². The number of nitrogens with zero attached hydrogens (tertiary/aromatic N) is 1. The predicted molar refractivity (Wildman–Crippen MR) is 58.4 cm³/mol. The van der Waals surface area contributed by atoms with E-state index in [1.807, 2.05) is 0 Å². The maximum Gasteiger partial charge on any atom is 0.574 e. The summed E-state index contributed by atoms with van der Waals surface area (Å²) in [6.45, 7) is 0. The van der Waals surface area contributed by atoms with Gasteiger partial charge in [0.1, 0.15) is 5.56 Å². The minimum atomic E-state index is -4.91. The van der Waals surface area contributed by atoms with Crippen molar-refractivity contribution in [1.29, 1.82) is 0 Å². The number of esters is 1. The van der Waals surface area contributed by atoms with Gasteiger partial charge in [0.15, 0.2) is 0 Å². The van der Waals surface area contributed by atoms with Crippen LogP contribution in [0.15, 0.2) is 6.07 Å². The van der Waals surface area contributed by atoms with E-state index in [9.17, 15) is 18.0 Å². The maximum absolute atomic E-state index is 12.1. The fraction of sp³-hybridized carbons (Fsp3) is 0.400. The number of hydrogen-bond acceptors (Lipinski definition) is 5. The van der Waals surface area contributed by atoms with Gasteiger partial charge >= 0.3 is 12.3 Å². The third-order valence-electron chi connectivity index (χ3n) is 1.99. The predicted octanol–water partition coefficient (Wildman–Crippen LogP) is 2.51. The first-order valence-corrected chi connectivity index (χ1v) is 5.33. The molecule has 0 aliphatic heterocycles. The van der Waals surface area contributed by atoms with Crippen molar-refractivity contribution in [3.05, 3.63) is 17.2 Å². The number of ether oxygens (including phenoxy) is 3. The third kappa shape index (κ3) is 3.88. The van der Waals surface area contributed by atoms with Crippen molar-refractivity contribution in [1.82, 2.24) is 4.98 Å². The lowest BCUT2D eigenvalue weighted by molar-refractivity contribution is -0.276. The number of carbonyl (C=O) groups is 1. The highest BCUT2D eigenvalue weighted by atomic mass is 35.5. The number of rotatable bonds is 4. The summed E-state index contributed by atoms with van der Waals surface area (Å²) < 4.78 is 49.2. The Kier molecular flexibility index (Phi) is 4.82. The molecule has 1 heterocycles. The molecule has 0 saturated carbocycles. The molecule has 5 nitrogen and oxygen atoms in total. The molecule has 1 aromatic rings. The molecule has 19 heavy (non-hydrogen) atoms. The van der Waals surface area contributed by atoms with Crippen LogP contribution in [0.25, 0.3) is 0 Å². The van der Waals surface area contributed by atoms with Gasteiger partial charge in [-0.1, -0.05) is 0 Å². The number of aromatic nitrogens is 1. The van der Waals surface area contributed by atoms with E-state index in [0.717, 1.165) is 20.3 Å². The van der Waals surface area contributed by atoms with Crippen molar-refractivity contribution in [2.24, 2.45) is 0 Å².